The van der Waals surface area contributed by atoms with Crippen LogP contribution in [-0.4, -0.2) is 130 Å². The number of carbonyl (C=O) groups is 3. The smallest absolute Gasteiger partial charge is 0.425 e. The standard InChI is InChI=1S/C43H68N6O9/c1-12-33-43(8)37(49(41(53)58-43)46-19-16-20-48-23-31(45-24-48)30-17-14-13-15-18-30)27(4)34(44)25(2)22-42(7,54-11)38(28(5)35(50)29(6)39(52)56-33)57-40-36(51)32(47(9)10)21-26(3)55-40/h13-15,17-18,23-29,32-34,36-38,40,46,51H,12,16,19-22,44H2,1-11H3/t25-,26-,27-,28+,29-,32+,33+,34?,36-,37-,38-,40+,42+,43-/m1/s1. The molecule has 58 heavy (non-hydrogen) atoms. The molecule has 3 aliphatic rings. The number of nitrogens with one attached hydrogen (secondary N) is 1. The Kier molecular flexibility index (Phi) is 14.8. The van der Waals surface area contributed by atoms with Gasteiger partial charge < -0.3 is 44.0 Å². The normalized spacial score (nSPS) is 38.0. The summed E-state index contributed by atoms with van der Waals surface area (Å²) in [5.74, 6) is -3.87. The lowest BCUT2D eigenvalue weighted by Gasteiger charge is -2.48. The molecule has 15 heteroatoms. The van der Waals surface area contributed by atoms with Gasteiger partial charge in [0, 0.05) is 50.0 Å². The van der Waals surface area contributed by atoms with E-state index in [-0.39, 0.29) is 24.0 Å². The van der Waals surface area contributed by atoms with Gasteiger partial charge in [0.15, 0.2) is 17.7 Å². The summed E-state index contributed by atoms with van der Waals surface area (Å²) in [5.41, 5.74) is 9.98. The molecule has 0 bridgehead atoms. The topological polar surface area (TPSA) is 180 Å². The molecule has 14 atom stereocenters. The van der Waals surface area contributed by atoms with Crippen molar-refractivity contribution in [2.24, 2.45) is 29.4 Å². The predicted octanol–water partition coefficient (Wildman–Crippen LogP) is 4.41. The number of carbonyl (C=O) groups excluding carboxylic acids is 3. The van der Waals surface area contributed by atoms with Crippen molar-refractivity contribution < 1.29 is 43.2 Å². The van der Waals surface area contributed by atoms with Gasteiger partial charge in [-0.05, 0) is 79.3 Å². The Balaban J connectivity index is 1.43. The van der Waals surface area contributed by atoms with E-state index in [9.17, 15) is 19.5 Å². The number of fused-ring (bicyclic) bond motifs is 1. The van der Waals surface area contributed by atoms with Crippen LogP contribution in [0.1, 0.15) is 81.1 Å². The first-order valence-electron chi connectivity index (χ1n) is 20.9. The fraction of sp³-hybridized carbons (Fsp3) is 0.721. The fourth-order valence-electron chi connectivity index (χ4n) is 9.46. The predicted molar refractivity (Wildman–Crippen MR) is 218 cm³/mol. The minimum Gasteiger partial charge on any atom is -0.458 e. The highest BCUT2D eigenvalue weighted by molar-refractivity contribution is 6.00. The number of cyclic esters (lactones) is 1. The maximum atomic E-state index is 14.3. The first kappa shape index (κ1) is 45.6. The van der Waals surface area contributed by atoms with E-state index in [1.54, 1.807) is 27.3 Å². The lowest BCUT2D eigenvalue weighted by molar-refractivity contribution is -0.295. The third-order valence-electron chi connectivity index (χ3n) is 13.0. The third kappa shape index (κ3) is 9.46. The summed E-state index contributed by atoms with van der Waals surface area (Å²) in [5, 5.41) is 13.0. The highest BCUT2D eigenvalue weighted by Gasteiger charge is 2.60. The molecule has 2 aromatic rings. The Morgan fingerprint density at radius 3 is 2.41 bits per heavy atom. The molecule has 1 aromatic carbocycles. The number of hydrogen-bond donors (Lipinski definition) is 3. The number of imidazole rings is 1. The maximum absolute atomic E-state index is 14.3. The van der Waals surface area contributed by atoms with Crippen LogP contribution in [0.15, 0.2) is 42.9 Å². The number of hydrazine groups is 1. The Morgan fingerprint density at radius 1 is 1.09 bits per heavy atom. The van der Waals surface area contributed by atoms with Crippen molar-refractivity contribution in [3.63, 3.8) is 0 Å². The number of benzene rings is 1. The number of amides is 1. The number of aromatic nitrogens is 2. The summed E-state index contributed by atoms with van der Waals surface area (Å²) >= 11 is 0. The van der Waals surface area contributed by atoms with Gasteiger partial charge in [-0.15, -0.1) is 0 Å². The Labute approximate surface area is 344 Å². The molecule has 4 heterocycles. The largest absolute Gasteiger partial charge is 0.458 e. The van der Waals surface area contributed by atoms with Gasteiger partial charge >= 0.3 is 12.1 Å². The summed E-state index contributed by atoms with van der Waals surface area (Å²) < 4.78 is 33.5. The number of ether oxygens (including phenoxy) is 5. The monoisotopic (exact) mass is 813 g/mol. The number of methoxy groups -OCH3 is 1. The molecule has 0 radical (unpaired) electrons. The second-order valence-electron chi connectivity index (χ2n) is 17.5. The van der Waals surface area contributed by atoms with Crippen LogP contribution < -0.4 is 11.2 Å². The molecule has 3 fully saturated rings. The number of nitrogens with two attached hydrogens (primary N) is 1. The van der Waals surface area contributed by atoms with E-state index in [0.29, 0.717) is 38.8 Å². The van der Waals surface area contributed by atoms with Crippen molar-refractivity contribution >= 4 is 17.8 Å². The number of esters is 1. The molecular weight excluding hydrogens is 745 g/mol. The molecule has 3 saturated heterocycles. The summed E-state index contributed by atoms with van der Waals surface area (Å²) in [6, 6.07) is 8.51. The van der Waals surface area contributed by atoms with E-state index >= 15 is 0 Å². The third-order valence-corrected chi connectivity index (χ3v) is 13.0. The van der Waals surface area contributed by atoms with Crippen LogP contribution in [0, 0.1) is 23.7 Å². The first-order chi connectivity index (χ1) is 27.4. The summed E-state index contributed by atoms with van der Waals surface area (Å²) in [6.45, 7) is 15.7. The Morgan fingerprint density at radius 2 is 1.78 bits per heavy atom. The molecule has 15 nitrogen and oxygen atoms in total. The van der Waals surface area contributed by atoms with Crippen LogP contribution in [0.3, 0.4) is 0 Å². The van der Waals surface area contributed by atoms with E-state index in [0.717, 1.165) is 11.3 Å². The fourth-order valence-corrected chi connectivity index (χ4v) is 9.46. The average Bonchev–Trinajstić information content (AvgIpc) is 3.78. The molecular formula is C43H68N6O9. The van der Waals surface area contributed by atoms with E-state index in [1.165, 1.54) is 11.9 Å². The summed E-state index contributed by atoms with van der Waals surface area (Å²) in [4.78, 5) is 48.7. The van der Waals surface area contributed by atoms with Crippen LogP contribution in [0.2, 0.25) is 0 Å². The van der Waals surface area contributed by atoms with Gasteiger partial charge in [-0.2, -0.15) is 0 Å². The van der Waals surface area contributed by atoms with Crippen molar-refractivity contribution in [3.8, 4) is 11.3 Å². The number of aliphatic hydroxyl groups is 1. The molecule has 5 rings (SSSR count). The van der Waals surface area contributed by atoms with Crippen LogP contribution >= 0.6 is 0 Å². The van der Waals surface area contributed by atoms with Gasteiger partial charge in [-0.3, -0.25) is 9.59 Å². The minimum absolute atomic E-state index is 0.229. The van der Waals surface area contributed by atoms with Gasteiger partial charge in [-0.1, -0.05) is 58.0 Å². The van der Waals surface area contributed by atoms with Crippen molar-refractivity contribution in [3.05, 3.63) is 42.9 Å². The second-order valence-corrected chi connectivity index (χ2v) is 17.5. The lowest BCUT2D eigenvalue weighted by atomic mass is 9.72. The van der Waals surface area contributed by atoms with Crippen molar-refractivity contribution in [1.29, 1.82) is 0 Å². The molecule has 0 spiro atoms. The minimum atomic E-state index is -1.32. The number of nitrogens with zero attached hydrogens (tertiary/aromatic N) is 4. The molecule has 1 aromatic heterocycles. The summed E-state index contributed by atoms with van der Waals surface area (Å²) in [7, 11) is 5.35. The van der Waals surface area contributed by atoms with Crippen LogP contribution in [-0.2, 0) is 39.8 Å². The molecule has 3 aliphatic heterocycles. The van der Waals surface area contributed by atoms with Crippen LogP contribution in [0.5, 0.6) is 0 Å². The molecule has 1 amide bonds. The molecule has 0 aliphatic carbocycles. The van der Waals surface area contributed by atoms with Gasteiger partial charge in [0.2, 0.25) is 0 Å². The Bertz CT molecular complexity index is 1690. The zero-order valence-electron chi connectivity index (χ0n) is 36.3. The average molecular weight is 813 g/mol. The number of Topliss-reactive ketones (excluding diaryl/α,β-unsaturated/α-hetero) is 1. The van der Waals surface area contributed by atoms with Crippen molar-refractivity contribution in [2.75, 3.05) is 27.7 Å². The highest BCUT2D eigenvalue weighted by Crippen LogP contribution is 2.43. The zero-order valence-corrected chi connectivity index (χ0v) is 36.3. The zero-order chi connectivity index (χ0) is 42.7. The van der Waals surface area contributed by atoms with E-state index in [2.05, 4.69) is 10.4 Å². The number of hydrogen-bond acceptors (Lipinski definition) is 13. The molecule has 1 unspecified atom stereocenters. The van der Waals surface area contributed by atoms with E-state index in [4.69, 9.17) is 29.4 Å². The van der Waals surface area contributed by atoms with Gasteiger partial charge in [-0.25, -0.2) is 20.2 Å². The number of aliphatic hydroxyl groups excluding tert-OH is 1. The van der Waals surface area contributed by atoms with Gasteiger partial charge in [0.25, 0.3) is 0 Å². The molecule has 4 N–H and O–H groups in total. The number of rotatable bonds is 11. The summed E-state index contributed by atoms with van der Waals surface area (Å²) in [6.07, 6.45) is 0.942. The van der Waals surface area contributed by atoms with Gasteiger partial charge in [0.05, 0.1) is 35.9 Å². The SMILES string of the molecule is CC[C@@H]1OC(=O)[C@H](C)C(=O)[C@H](C)[C@@H](O[C@@H]2O[C@H](C)C[C@H](N(C)C)[C@H]2O)[C@@](C)(OC)C[C@@H](C)C(N)[C@@H](C)[C@H]2N(NCCCn3cnc(-c4ccccc4)c3)C(=O)O[C@]12C. The molecule has 324 valence electrons. The Hall–Kier alpha value is -3.44. The van der Waals surface area contributed by atoms with Crippen molar-refractivity contribution in [1.82, 2.24) is 24.9 Å². The highest BCUT2D eigenvalue weighted by atomic mass is 16.7. The molecule has 0 saturated carbocycles. The lowest BCUT2D eigenvalue weighted by Crippen LogP contribution is -2.63. The van der Waals surface area contributed by atoms with Crippen LogP contribution in [0.4, 0.5) is 4.79 Å². The number of ketones is 1. The quantitative estimate of drug-likeness (QED) is 0.165. The number of aryl methyl sites for hydroxylation is 1. The second kappa shape index (κ2) is 18.9. The van der Waals surface area contributed by atoms with E-state index in [1.807, 2.05) is 94.7 Å². The van der Waals surface area contributed by atoms with Crippen molar-refractivity contribution in [2.45, 2.75) is 148 Å². The number of likely N-dealkylation sites (N-methyl/N-ethyl adjacent to an activating group) is 1. The first-order valence-corrected chi connectivity index (χ1v) is 20.9. The maximum Gasteiger partial charge on any atom is 0.425 e. The van der Waals surface area contributed by atoms with E-state index < -0.39 is 77.6 Å². The van der Waals surface area contributed by atoms with Gasteiger partial charge in [0.1, 0.15) is 18.1 Å². The van der Waals surface area contributed by atoms with Crippen LogP contribution in [0.25, 0.3) is 11.3 Å².